The van der Waals surface area contributed by atoms with Gasteiger partial charge in [-0.15, -0.1) is 23.4 Å². The molecule has 0 spiro atoms. The highest BCUT2D eigenvalue weighted by Crippen LogP contribution is 2.32. The number of H-pyrrole nitrogens is 1. The van der Waals surface area contributed by atoms with Gasteiger partial charge in [-0.1, -0.05) is 31.0 Å². The molecule has 1 amide bonds. The second-order valence-corrected chi connectivity index (χ2v) is 7.24. The molecular weight excluding hydrogens is 454 g/mol. The minimum atomic E-state index is -4.89. The van der Waals surface area contributed by atoms with Gasteiger partial charge in [0.25, 0.3) is 0 Å². The van der Waals surface area contributed by atoms with Crippen LogP contribution in [0, 0.1) is 5.82 Å². The number of ether oxygens (including phenoxy) is 1. The molecule has 0 atom stereocenters. The largest absolute Gasteiger partial charge is 0.573 e. The van der Waals surface area contributed by atoms with Crippen LogP contribution in [0.2, 0.25) is 5.02 Å². The standard InChI is InChI=1S/C20H18ClF4N5O2/c1-2-3-4-18(31)30(11-12-5-6-17(16(21)7-12)32-20(23,24)25)15-9-13(8-14(22)10-15)19-26-28-29-27-19/h5-10H,2-4,11H2,1H3,(H,26,27,28,29). The van der Waals surface area contributed by atoms with E-state index in [-0.39, 0.29) is 35.4 Å². The Labute approximate surface area is 185 Å². The number of aromatic nitrogens is 4. The van der Waals surface area contributed by atoms with E-state index in [1.54, 1.807) is 0 Å². The number of unbranched alkanes of at least 4 members (excludes halogenated alkanes) is 1. The SMILES string of the molecule is CCCCC(=O)N(Cc1ccc(OC(F)(F)F)c(Cl)c1)c1cc(F)cc(-c2nn[nH]n2)c1. The lowest BCUT2D eigenvalue weighted by molar-refractivity contribution is -0.274. The Morgan fingerprint density at radius 1 is 1.22 bits per heavy atom. The number of carbonyl (C=O) groups excluding carboxylic acids is 1. The van der Waals surface area contributed by atoms with Crippen molar-refractivity contribution in [1.82, 2.24) is 20.6 Å². The van der Waals surface area contributed by atoms with Crippen molar-refractivity contribution in [2.45, 2.75) is 39.1 Å². The number of hydrogen-bond donors (Lipinski definition) is 1. The fourth-order valence-electron chi connectivity index (χ4n) is 2.96. The predicted molar refractivity (Wildman–Crippen MR) is 108 cm³/mol. The summed E-state index contributed by atoms with van der Waals surface area (Å²) in [5, 5.41) is 13.1. The number of halogens is 5. The first-order chi connectivity index (χ1) is 15.2. The quantitative estimate of drug-likeness (QED) is 0.452. The van der Waals surface area contributed by atoms with E-state index in [0.29, 0.717) is 17.5 Å². The third-order valence-corrected chi connectivity index (χ3v) is 4.70. The van der Waals surface area contributed by atoms with Crippen LogP contribution in [0.1, 0.15) is 31.7 Å². The molecule has 1 aromatic heterocycles. The third kappa shape index (κ3) is 6.16. The van der Waals surface area contributed by atoms with Crippen LogP contribution in [0.4, 0.5) is 23.2 Å². The van der Waals surface area contributed by atoms with Crippen molar-refractivity contribution in [2.75, 3.05) is 4.90 Å². The second-order valence-electron chi connectivity index (χ2n) is 6.83. The van der Waals surface area contributed by atoms with Gasteiger partial charge < -0.3 is 9.64 Å². The molecule has 0 fully saturated rings. The van der Waals surface area contributed by atoms with Gasteiger partial charge in [0.1, 0.15) is 11.6 Å². The van der Waals surface area contributed by atoms with E-state index < -0.39 is 17.9 Å². The number of nitrogens with zero attached hydrogens (tertiary/aromatic N) is 4. The van der Waals surface area contributed by atoms with Crippen LogP contribution in [0.3, 0.4) is 0 Å². The summed E-state index contributed by atoms with van der Waals surface area (Å²) in [7, 11) is 0. The van der Waals surface area contributed by atoms with Gasteiger partial charge in [0.15, 0.2) is 0 Å². The van der Waals surface area contributed by atoms with E-state index in [1.165, 1.54) is 35.2 Å². The molecular formula is C20H18ClF4N5O2. The van der Waals surface area contributed by atoms with Gasteiger partial charge in [0.05, 0.1) is 11.6 Å². The maximum absolute atomic E-state index is 14.3. The van der Waals surface area contributed by atoms with Crippen molar-refractivity contribution in [2.24, 2.45) is 0 Å². The molecule has 0 saturated heterocycles. The summed E-state index contributed by atoms with van der Waals surface area (Å²) in [5.41, 5.74) is 0.964. The first-order valence-electron chi connectivity index (χ1n) is 9.55. The molecule has 3 rings (SSSR count). The average molecular weight is 472 g/mol. The topological polar surface area (TPSA) is 84.0 Å². The molecule has 0 radical (unpaired) electrons. The lowest BCUT2D eigenvalue weighted by Gasteiger charge is -2.24. The molecule has 3 aromatic rings. The molecule has 1 N–H and O–H groups in total. The summed E-state index contributed by atoms with van der Waals surface area (Å²) in [5.74, 6) is -1.33. The van der Waals surface area contributed by atoms with Gasteiger partial charge in [0.2, 0.25) is 11.7 Å². The molecule has 2 aromatic carbocycles. The molecule has 0 aliphatic rings. The van der Waals surface area contributed by atoms with E-state index in [0.717, 1.165) is 12.5 Å². The van der Waals surface area contributed by atoms with Crippen LogP contribution in [-0.2, 0) is 11.3 Å². The van der Waals surface area contributed by atoms with Crippen molar-refractivity contribution < 1.29 is 27.1 Å². The molecule has 0 aliphatic heterocycles. The zero-order valence-corrected chi connectivity index (χ0v) is 17.5. The summed E-state index contributed by atoms with van der Waals surface area (Å²) >= 11 is 5.93. The smallest absolute Gasteiger partial charge is 0.404 e. The van der Waals surface area contributed by atoms with Gasteiger partial charge in [-0.3, -0.25) is 4.79 Å². The number of alkyl halides is 3. The molecule has 7 nitrogen and oxygen atoms in total. The summed E-state index contributed by atoms with van der Waals surface area (Å²) < 4.78 is 55.7. The summed E-state index contributed by atoms with van der Waals surface area (Å²) in [4.78, 5) is 14.2. The number of amides is 1. The van der Waals surface area contributed by atoms with E-state index in [2.05, 4.69) is 25.4 Å². The zero-order valence-electron chi connectivity index (χ0n) is 16.8. The van der Waals surface area contributed by atoms with Crippen molar-refractivity contribution >= 4 is 23.2 Å². The Balaban J connectivity index is 1.94. The Hall–Kier alpha value is -3.21. The Morgan fingerprint density at radius 3 is 2.62 bits per heavy atom. The number of nitrogens with one attached hydrogen (secondary N) is 1. The number of benzene rings is 2. The average Bonchev–Trinajstić information content (AvgIpc) is 3.26. The number of rotatable bonds is 8. The number of carbonyl (C=O) groups is 1. The zero-order chi connectivity index (χ0) is 23.3. The molecule has 0 bridgehead atoms. The van der Waals surface area contributed by atoms with Crippen molar-refractivity contribution in [1.29, 1.82) is 0 Å². The molecule has 0 unspecified atom stereocenters. The molecule has 0 aliphatic carbocycles. The van der Waals surface area contributed by atoms with E-state index in [1.807, 2.05) is 6.92 Å². The highest BCUT2D eigenvalue weighted by molar-refractivity contribution is 6.32. The van der Waals surface area contributed by atoms with Crippen LogP contribution in [0.5, 0.6) is 5.75 Å². The van der Waals surface area contributed by atoms with Gasteiger partial charge in [-0.2, -0.15) is 5.21 Å². The van der Waals surface area contributed by atoms with E-state index >= 15 is 0 Å². The van der Waals surface area contributed by atoms with Gasteiger partial charge in [-0.05, 0) is 47.5 Å². The van der Waals surface area contributed by atoms with Crippen molar-refractivity contribution in [3.63, 3.8) is 0 Å². The number of aromatic amines is 1. The Morgan fingerprint density at radius 2 is 2.00 bits per heavy atom. The summed E-state index contributed by atoms with van der Waals surface area (Å²) in [6, 6.07) is 7.59. The minimum Gasteiger partial charge on any atom is -0.404 e. The van der Waals surface area contributed by atoms with Gasteiger partial charge in [-0.25, -0.2) is 4.39 Å². The Bertz CT molecular complexity index is 1080. The van der Waals surface area contributed by atoms with Gasteiger partial charge in [0, 0.05) is 17.7 Å². The fraction of sp³-hybridized carbons (Fsp3) is 0.300. The van der Waals surface area contributed by atoms with E-state index in [9.17, 15) is 22.4 Å². The maximum atomic E-state index is 14.3. The number of hydrogen-bond acceptors (Lipinski definition) is 5. The highest BCUT2D eigenvalue weighted by Gasteiger charge is 2.32. The summed E-state index contributed by atoms with van der Waals surface area (Å²) in [6.07, 6.45) is -3.30. The third-order valence-electron chi connectivity index (χ3n) is 4.41. The number of anilines is 1. The predicted octanol–water partition coefficient (Wildman–Crippen LogP) is 5.28. The monoisotopic (exact) mass is 471 g/mol. The molecule has 1 heterocycles. The molecule has 32 heavy (non-hydrogen) atoms. The van der Waals surface area contributed by atoms with E-state index in [4.69, 9.17) is 11.6 Å². The lowest BCUT2D eigenvalue weighted by Crippen LogP contribution is -2.30. The molecule has 0 saturated carbocycles. The van der Waals surface area contributed by atoms with Crippen LogP contribution in [0.15, 0.2) is 36.4 Å². The first kappa shape index (κ1) is 23.5. The van der Waals surface area contributed by atoms with Crippen LogP contribution < -0.4 is 9.64 Å². The summed E-state index contributed by atoms with van der Waals surface area (Å²) in [6.45, 7) is 1.87. The lowest BCUT2D eigenvalue weighted by atomic mass is 10.1. The molecule has 170 valence electrons. The van der Waals surface area contributed by atoms with Crippen molar-refractivity contribution in [3.8, 4) is 17.1 Å². The van der Waals surface area contributed by atoms with Crippen LogP contribution in [-0.4, -0.2) is 32.9 Å². The highest BCUT2D eigenvalue weighted by atomic mass is 35.5. The second kappa shape index (κ2) is 9.94. The minimum absolute atomic E-state index is 0.0519. The maximum Gasteiger partial charge on any atom is 0.573 e. The van der Waals surface area contributed by atoms with Crippen molar-refractivity contribution in [3.05, 3.63) is 52.8 Å². The first-order valence-corrected chi connectivity index (χ1v) is 9.93. The van der Waals surface area contributed by atoms with Crippen LogP contribution in [0.25, 0.3) is 11.4 Å². The van der Waals surface area contributed by atoms with Crippen LogP contribution >= 0.6 is 11.6 Å². The fourth-order valence-corrected chi connectivity index (χ4v) is 3.20. The number of tetrazole rings is 1. The normalized spacial score (nSPS) is 11.4. The Kier molecular flexibility index (Phi) is 7.29. The van der Waals surface area contributed by atoms with Gasteiger partial charge >= 0.3 is 6.36 Å². The molecule has 12 heteroatoms.